The molecule has 1 aliphatic heterocycles. The lowest BCUT2D eigenvalue weighted by atomic mass is 10.0. The minimum Gasteiger partial charge on any atom is -0.378 e. The fraction of sp³-hybridized carbons (Fsp3) is 0.333. The Labute approximate surface area is 161 Å². The number of ether oxygens (including phenoxy) is 1. The van der Waals surface area contributed by atoms with Gasteiger partial charge in [0.2, 0.25) is 0 Å². The van der Waals surface area contributed by atoms with Gasteiger partial charge in [0, 0.05) is 24.1 Å². The van der Waals surface area contributed by atoms with Gasteiger partial charge in [-0.15, -0.1) is 0 Å². The number of rotatable bonds is 3. The number of benzene rings is 1. The monoisotopic (exact) mass is 373 g/mol. The van der Waals surface area contributed by atoms with E-state index in [2.05, 4.69) is 27.7 Å². The van der Waals surface area contributed by atoms with Gasteiger partial charge < -0.3 is 13.8 Å². The molecule has 7 nitrogen and oxygen atoms in total. The molecule has 1 aromatic carbocycles. The molecule has 0 aliphatic carbocycles. The van der Waals surface area contributed by atoms with Crippen molar-refractivity contribution in [3.63, 3.8) is 0 Å². The van der Waals surface area contributed by atoms with Crippen molar-refractivity contribution in [2.24, 2.45) is 0 Å². The van der Waals surface area contributed by atoms with Gasteiger partial charge in [0.05, 0.1) is 47.1 Å². The Balaban J connectivity index is 1.77. The Morgan fingerprint density at radius 3 is 3.00 bits per heavy atom. The molecule has 3 aromatic heterocycles. The van der Waals surface area contributed by atoms with Crippen molar-refractivity contribution in [2.45, 2.75) is 38.3 Å². The summed E-state index contributed by atoms with van der Waals surface area (Å²) in [4.78, 5) is 9.44. The quantitative estimate of drug-likeness (QED) is 0.543. The van der Waals surface area contributed by atoms with Gasteiger partial charge in [-0.25, -0.2) is 4.98 Å². The van der Waals surface area contributed by atoms with Crippen LogP contribution in [0.4, 0.5) is 0 Å². The van der Waals surface area contributed by atoms with Crippen LogP contribution in [0.15, 0.2) is 41.2 Å². The van der Waals surface area contributed by atoms with Crippen LogP contribution < -0.4 is 0 Å². The number of hydrogen-bond acceptors (Lipinski definition) is 6. The van der Waals surface area contributed by atoms with Crippen molar-refractivity contribution in [3.05, 3.63) is 53.8 Å². The van der Waals surface area contributed by atoms with Crippen molar-refractivity contribution in [1.82, 2.24) is 19.7 Å². The van der Waals surface area contributed by atoms with Crippen LogP contribution in [-0.4, -0.2) is 32.4 Å². The highest BCUT2D eigenvalue weighted by molar-refractivity contribution is 6.02. The molecular formula is C21H19N5O2. The highest BCUT2D eigenvalue weighted by Gasteiger charge is 2.26. The fourth-order valence-electron chi connectivity index (χ4n) is 4.11. The van der Waals surface area contributed by atoms with Gasteiger partial charge in [0.1, 0.15) is 17.6 Å². The molecule has 4 heterocycles. The fourth-order valence-corrected chi connectivity index (χ4v) is 4.11. The van der Waals surface area contributed by atoms with Gasteiger partial charge in [-0.05, 0) is 38.0 Å². The normalized spacial score (nSPS) is 19.9. The van der Waals surface area contributed by atoms with Crippen molar-refractivity contribution < 1.29 is 9.26 Å². The summed E-state index contributed by atoms with van der Waals surface area (Å²) >= 11 is 0. The zero-order chi connectivity index (χ0) is 19.1. The van der Waals surface area contributed by atoms with Crippen LogP contribution in [0.2, 0.25) is 0 Å². The topological polar surface area (TPSA) is 89.8 Å². The second kappa shape index (κ2) is 6.73. The molecule has 0 spiro atoms. The van der Waals surface area contributed by atoms with Gasteiger partial charge in [-0.1, -0.05) is 5.16 Å². The Morgan fingerprint density at radius 2 is 2.21 bits per heavy atom. The number of imidazole rings is 1. The van der Waals surface area contributed by atoms with Gasteiger partial charge in [-0.3, -0.25) is 4.98 Å². The third kappa shape index (κ3) is 2.83. The number of fused-ring (bicyclic) bond motifs is 3. The van der Waals surface area contributed by atoms with Gasteiger partial charge in [0.15, 0.2) is 0 Å². The first-order valence-corrected chi connectivity index (χ1v) is 9.43. The number of nitrogens with zero attached hydrogens (tertiary/aromatic N) is 5. The minimum atomic E-state index is 0.193. The summed E-state index contributed by atoms with van der Waals surface area (Å²) in [6.07, 6.45) is 6.00. The van der Waals surface area contributed by atoms with E-state index in [0.29, 0.717) is 12.0 Å². The van der Waals surface area contributed by atoms with Crippen LogP contribution >= 0.6 is 0 Å². The molecule has 1 fully saturated rings. The smallest absolute Gasteiger partial charge is 0.124 e. The summed E-state index contributed by atoms with van der Waals surface area (Å²) in [5, 5.41) is 14.4. The SMILES string of the molecule is C[C@@H]1C[C@H](n2c(Cc3ccon3)nc3cnc4ccc(C#N)cc4c32)CCO1. The molecule has 28 heavy (non-hydrogen) atoms. The zero-order valence-corrected chi connectivity index (χ0v) is 15.5. The highest BCUT2D eigenvalue weighted by atomic mass is 16.5. The van der Waals surface area contributed by atoms with E-state index < -0.39 is 0 Å². The van der Waals surface area contributed by atoms with Gasteiger partial charge in [-0.2, -0.15) is 5.26 Å². The minimum absolute atomic E-state index is 0.193. The van der Waals surface area contributed by atoms with E-state index in [9.17, 15) is 5.26 Å². The van der Waals surface area contributed by atoms with Crippen molar-refractivity contribution in [3.8, 4) is 6.07 Å². The van der Waals surface area contributed by atoms with E-state index in [4.69, 9.17) is 14.2 Å². The third-order valence-electron chi connectivity index (χ3n) is 5.37. The summed E-state index contributed by atoms with van der Waals surface area (Å²) in [7, 11) is 0. The van der Waals surface area contributed by atoms with Crippen LogP contribution in [0.5, 0.6) is 0 Å². The lowest BCUT2D eigenvalue weighted by Gasteiger charge is -2.30. The number of hydrogen-bond donors (Lipinski definition) is 0. The molecule has 0 radical (unpaired) electrons. The zero-order valence-electron chi connectivity index (χ0n) is 15.5. The molecule has 0 saturated carbocycles. The first-order chi connectivity index (χ1) is 13.7. The maximum Gasteiger partial charge on any atom is 0.124 e. The molecule has 0 unspecified atom stereocenters. The van der Waals surface area contributed by atoms with Crippen LogP contribution in [-0.2, 0) is 11.2 Å². The summed E-state index contributed by atoms with van der Waals surface area (Å²) < 4.78 is 13.1. The van der Waals surface area contributed by atoms with E-state index in [1.807, 2.05) is 24.4 Å². The lowest BCUT2D eigenvalue weighted by Crippen LogP contribution is -2.26. The molecular weight excluding hydrogens is 354 g/mol. The Bertz CT molecular complexity index is 1190. The summed E-state index contributed by atoms with van der Waals surface area (Å²) in [5.41, 5.74) is 4.18. The van der Waals surface area contributed by atoms with Crippen LogP contribution in [0.3, 0.4) is 0 Å². The molecule has 4 aromatic rings. The number of pyridine rings is 1. The van der Waals surface area contributed by atoms with E-state index in [0.717, 1.165) is 52.9 Å². The third-order valence-corrected chi connectivity index (χ3v) is 5.37. The molecule has 0 N–H and O–H groups in total. The Morgan fingerprint density at radius 1 is 1.29 bits per heavy atom. The first kappa shape index (κ1) is 16.9. The van der Waals surface area contributed by atoms with E-state index in [1.165, 1.54) is 0 Å². The summed E-state index contributed by atoms with van der Waals surface area (Å²) in [6.45, 7) is 2.83. The van der Waals surface area contributed by atoms with Gasteiger partial charge in [0.25, 0.3) is 0 Å². The molecule has 0 bridgehead atoms. The maximum atomic E-state index is 9.37. The van der Waals surface area contributed by atoms with Crippen LogP contribution in [0, 0.1) is 11.3 Å². The largest absolute Gasteiger partial charge is 0.378 e. The summed E-state index contributed by atoms with van der Waals surface area (Å²) in [6, 6.07) is 9.97. The number of nitriles is 1. The van der Waals surface area contributed by atoms with Crippen molar-refractivity contribution in [1.29, 1.82) is 5.26 Å². The first-order valence-electron chi connectivity index (χ1n) is 9.43. The van der Waals surface area contributed by atoms with E-state index in [-0.39, 0.29) is 12.1 Å². The summed E-state index contributed by atoms with van der Waals surface area (Å²) in [5.74, 6) is 0.930. The molecule has 2 atom stereocenters. The predicted molar refractivity (Wildman–Crippen MR) is 103 cm³/mol. The highest BCUT2D eigenvalue weighted by Crippen LogP contribution is 2.34. The maximum absolute atomic E-state index is 9.37. The van der Waals surface area contributed by atoms with Gasteiger partial charge >= 0.3 is 0 Å². The average molecular weight is 373 g/mol. The predicted octanol–water partition coefficient (Wildman–Crippen LogP) is 3.77. The average Bonchev–Trinajstić information content (AvgIpc) is 3.35. The molecule has 0 amide bonds. The molecule has 1 aliphatic rings. The molecule has 5 rings (SSSR count). The van der Waals surface area contributed by atoms with Crippen LogP contribution in [0.1, 0.15) is 42.9 Å². The van der Waals surface area contributed by atoms with E-state index in [1.54, 1.807) is 12.3 Å². The standard InChI is InChI=1S/C21H19N5O2/c1-13-8-16(5-6-27-13)26-20(10-15-4-7-28-25-15)24-19-12-23-18-3-2-14(11-22)9-17(18)21(19)26/h2-4,7,9,12-13,16H,5-6,8,10H2,1H3/t13-,16-/m1/s1. The van der Waals surface area contributed by atoms with Crippen LogP contribution in [0.25, 0.3) is 21.9 Å². The second-order valence-electron chi connectivity index (χ2n) is 7.26. The van der Waals surface area contributed by atoms with Crippen molar-refractivity contribution >= 4 is 21.9 Å². The Kier molecular flexibility index (Phi) is 4.06. The number of aromatic nitrogens is 4. The Hall–Kier alpha value is -3.24. The lowest BCUT2D eigenvalue weighted by molar-refractivity contribution is 0.00630. The second-order valence-corrected chi connectivity index (χ2v) is 7.26. The van der Waals surface area contributed by atoms with E-state index >= 15 is 0 Å². The molecule has 7 heteroatoms. The van der Waals surface area contributed by atoms with Crippen molar-refractivity contribution in [2.75, 3.05) is 6.61 Å². The molecule has 1 saturated heterocycles. The molecule has 140 valence electrons.